The Morgan fingerprint density at radius 1 is 1.50 bits per heavy atom. The predicted molar refractivity (Wildman–Crippen MR) is 62.9 cm³/mol. The van der Waals surface area contributed by atoms with E-state index >= 15 is 0 Å². The second-order valence-corrected chi connectivity index (χ2v) is 6.33. The lowest BCUT2D eigenvalue weighted by molar-refractivity contribution is -0.140. The fraction of sp³-hybridized carbons (Fsp3) is 0.455. The van der Waals surface area contributed by atoms with Crippen LogP contribution in [0.5, 0.6) is 0 Å². The molecule has 0 aliphatic heterocycles. The van der Waals surface area contributed by atoms with Crippen molar-refractivity contribution in [2.24, 2.45) is 0 Å². The molecule has 1 atom stereocenters. The van der Waals surface area contributed by atoms with Crippen LogP contribution in [0.3, 0.4) is 0 Å². The molecule has 1 unspecified atom stereocenters. The molecule has 0 N–H and O–H groups in total. The summed E-state index contributed by atoms with van der Waals surface area (Å²) in [6.07, 6.45) is 2.06. The third-order valence-electron chi connectivity index (χ3n) is 2.42. The lowest BCUT2D eigenvalue weighted by atomic mass is 10.3. The number of nitrogens with zero attached hydrogens (tertiary/aromatic N) is 1. The molecular weight excluding hydrogens is 261 g/mol. The van der Waals surface area contributed by atoms with Crippen LogP contribution in [0.1, 0.15) is 18.9 Å². The largest absolute Gasteiger partial charge is 0.469 e. The van der Waals surface area contributed by atoms with E-state index in [2.05, 4.69) is 9.72 Å². The van der Waals surface area contributed by atoms with E-state index in [1.165, 1.54) is 20.2 Å². The molecular formula is C11H14FNO4S. The maximum absolute atomic E-state index is 12.9. The van der Waals surface area contributed by atoms with Gasteiger partial charge in [-0.2, -0.15) is 0 Å². The molecule has 0 aliphatic carbocycles. The van der Waals surface area contributed by atoms with Gasteiger partial charge in [-0.1, -0.05) is 0 Å². The van der Waals surface area contributed by atoms with Gasteiger partial charge in [0.2, 0.25) is 0 Å². The van der Waals surface area contributed by atoms with Crippen LogP contribution in [-0.2, 0) is 25.1 Å². The van der Waals surface area contributed by atoms with Gasteiger partial charge in [0, 0.05) is 6.20 Å². The van der Waals surface area contributed by atoms with Crippen molar-refractivity contribution in [2.45, 2.75) is 24.3 Å². The lowest BCUT2D eigenvalue weighted by Gasteiger charge is -2.11. The van der Waals surface area contributed by atoms with Crippen LogP contribution >= 0.6 is 0 Å². The van der Waals surface area contributed by atoms with Crippen LogP contribution < -0.4 is 0 Å². The van der Waals surface area contributed by atoms with Crippen molar-refractivity contribution >= 4 is 15.8 Å². The molecule has 0 saturated carbocycles. The third-order valence-corrected chi connectivity index (χ3v) is 4.55. The zero-order valence-electron chi connectivity index (χ0n) is 10.1. The summed E-state index contributed by atoms with van der Waals surface area (Å²) in [6.45, 7) is 1.42. The monoisotopic (exact) mass is 275 g/mol. The summed E-state index contributed by atoms with van der Waals surface area (Å²) in [5.74, 6) is -1.54. The molecule has 18 heavy (non-hydrogen) atoms. The van der Waals surface area contributed by atoms with Crippen LogP contribution in [0.4, 0.5) is 4.39 Å². The Bertz CT molecular complexity index is 530. The number of rotatable bonds is 5. The molecule has 0 aromatic carbocycles. The van der Waals surface area contributed by atoms with Crippen molar-refractivity contribution in [1.29, 1.82) is 0 Å². The first-order valence-electron chi connectivity index (χ1n) is 5.23. The van der Waals surface area contributed by atoms with E-state index in [9.17, 15) is 17.6 Å². The molecule has 100 valence electrons. The molecule has 1 aromatic heterocycles. The van der Waals surface area contributed by atoms with Gasteiger partial charge in [0.05, 0.1) is 30.7 Å². The number of sulfone groups is 1. The highest BCUT2D eigenvalue weighted by Gasteiger charge is 2.24. The minimum Gasteiger partial charge on any atom is -0.469 e. The van der Waals surface area contributed by atoms with E-state index < -0.39 is 26.9 Å². The first kappa shape index (κ1) is 14.6. The molecule has 1 heterocycles. The molecule has 0 bridgehead atoms. The standard InChI is InChI=1S/C11H14FNO4S/c1-8(3-11(14)17-2)18(15,16)7-9-4-10(12)6-13-5-9/h4-6,8H,3,7H2,1-2H3. The van der Waals surface area contributed by atoms with E-state index in [0.29, 0.717) is 0 Å². The van der Waals surface area contributed by atoms with Gasteiger partial charge in [0.25, 0.3) is 0 Å². The third kappa shape index (κ3) is 4.06. The fourth-order valence-electron chi connectivity index (χ4n) is 1.35. The van der Waals surface area contributed by atoms with Gasteiger partial charge in [-0.15, -0.1) is 0 Å². The number of methoxy groups -OCH3 is 1. The van der Waals surface area contributed by atoms with Crippen LogP contribution in [0.15, 0.2) is 18.5 Å². The van der Waals surface area contributed by atoms with E-state index in [4.69, 9.17) is 0 Å². The van der Waals surface area contributed by atoms with Crippen LogP contribution in [0.25, 0.3) is 0 Å². The number of hydrogen-bond acceptors (Lipinski definition) is 5. The molecule has 0 radical (unpaired) electrons. The number of pyridine rings is 1. The second-order valence-electron chi connectivity index (χ2n) is 3.91. The van der Waals surface area contributed by atoms with Crippen LogP contribution in [0.2, 0.25) is 0 Å². The predicted octanol–water partition coefficient (Wildman–Crippen LogP) is 1.09. The van der Waals surface area contributed by atoms with Gasteiger partial charge in [0.15, 0.2) is 9.84 Å². The van der Waals surface area contributed by atoms with E-state index in [1.807, 2.05) is 0 Å². The molecule has 0 saturated heterocycles. The van der Waals surface area contributed by atoms with Gasteiger partial charge in [-0.3, -0.25) is 9.78 Å². The Labute approximate surface area is 105 Å². The highest BCUT2D eigenvalue weighted by atomic mass is 32.2. The second kappa shape index (κ2) is 5.90. The smallest absolute Gasteiger partial charge is 0.306 e. The first-order valence-corrected chi connectivity index (χ1v) is 6.94. The SMILES string of the molecule is COC(=O)CC(C)S(=O)(=O)Cc1cncc(F)c1. The van der Waals surface area contributed by atoms with Crippen molar-refractivity contribution in [3.8, 4) is 0 Å². The average molecular weight is 275 g/mol. The summed E-state index contributed by atoms with van der Waals surface area (Å²) in [6, 6.07) is 1.11. The summed E-state index contributed by atoms with van der Waals surface area (Å²) in [7, 11) is -2.35. The van der Waals surface area contributed by atoms with Gasteiger partial charge < -0.3 is 4.74 Å². The minimum atomic E-state index is -3.54. The van der Waals surface area contributed by atoms with Gasteiger partial charge >= 0.3 is 5.97 Å². The van der Waals surface area contributed by atoms with Crippen molar-refractivity contribution in [3.05, 3.63) is 29.8 Å². The molecule has 0 amide bonds. The number of hydrogen-bond donors (Lipinski definition) is 0. The van der Waals surface area contributed by atoms with Crippen molar-refractivity contribution in [2.75, 3.05) is 7.11 Å². The van der Waals surface area contributed by atoms with E-state index in [1.54, 1.807) is 0 Å². The zero-order valence-corrected chi connectivity index (χ0v) is 10.9. The topological polar surface area (TPSA) is 73.3 Å². The van der Waals surface area contributed by atoms with E-state index in [-0.39, 0.29) is 17.7 Å². The average Bonchev–Trinajstić information content (AvgIpc) is 2.28. The molecule has 1 rings (SSSR count). The number of carbonyl (C=O) groups excluding carboxylic acids is 1. The maximum Gasteiger partial charge on any atom is 0.306 e. The normalized spacial score (nSPS) is 13.1. The minimum absolute atomic E-state index is 0.221. The van der Waals surface area contributed by atoms with Gasteiger partial charge in [-0.25, -0.2) is 12.8 Å². The van der Waals surface area contributed by atoms with Gasteiger partial charge in [-0.05, 0) is 18.6 Å². The lowest BCUT2D eigenvalue weighted by Crippen LogP contribution is -2.23. The Balaban J connectivity index is 2.78. The maximum atomic E-state index is 12.9. The highest BCUT2D eigenvalue weighted by Crippen LogP contribution is 2.14. The molecule has 5 nitrogen and oxygen atoms in total. The Hall–Kier alpha value is -1.50. The van der Waals surface area contributed by atoms with Crippen molar-refractivity contribution in [1.82, 2.24) is 4.98 Å². The van der Waals surface area contributed by atoms with Gasteiger partial charge in [0.1, 0.15) is 5.82 Å². The Morgan fingerprint density at radius 2 is 2.17 bits per heavy atom. The molecule has 7 heteroatoms. The number of aromatic nitrogens is 1. The highest BCUT2D eigenvalue weighted by molar-refractivity contribution is 7.91. The van der Waals surface area contributed by atoms with Crippen molar-refractivity contribution in [3.63, 3.8) is 0 Å². The van der Waals surface area contributed by atoms with Crippen molar-refractivity contribution < 1.29 is 22.3 Å². The van der Waals surface area contributed by atoms with E-state index in [0.717, 1.165) is 12.3 Å². The Kier molecular flexibility index (Phi) is 4.77. The number of ether oxygens (including phenoxy) is 1. The summed E-state index contributed by atoms with van der Waals surface area (Å²) >= 11 is 0. The zero-order chi connectivity index (χ0) is 13.8. The number of halogens is 1. The van der Waals surface area contributed by atoms with Crippen LogP contribution in [-0.4, -0.2) is 31.7 Å². The number of carbonyl (C=O) groups is 1. The molecule has 0 aliphatic rings. The summed E-state index contributed by atoms with van der Waals surface area (Å²) in [5, 5.41) is -0.881. The Morgan fingerprint density at radius 3 is 2.72 bits per heavy atom. The fourth-order valence-corrected chi connectivity index (χ4v) is 2.65. The molecule has 0 fully saturated rings. The summed E-state index contributed by atoms with van der Waals surface area (Å²) in [4.78, 5) is 14.6. The molecule has 1 aromatic rings. The quantitative estimate of drug-likeness (QED) is 0.752. The van der Waals surface area contributed by atoms with Crippen LogP contribution in [0, 0.1) is 5.82 Å². The summed E-state index contributed by atoms with van der Waals surface area (Å²) < 4.78 is 41.1. The first-order chi connectivity index (χ1) is 8.35. The summed E-state index contributed by atoms with van der Waals surface area (Å²) in [5.41, 5.74) is 0.256. The molecule has 0 spiro atoms. The number of esters is 1.